The summed E-state index contributed by atoms with van der Waals surface area (Å²) in [5, 5.41) is 0. The van der Waals surface area contributed by atoms with Crippen LogP contribution in [0.4, 0.5) is 5.69 Å². The second kappa shape index (κ2) is 5.52. The molecule has 0 fully saturated rings. The monoisotopic (exact) mass is 254 g/mol. The van der Waals surface area contributed by atoms with Gasteiger partial charge in [0, 0.05) is 12.2 Å². The standard InChI is InChI=1S/C13H18N2O.ClH/c1-9-5-6-12-11(8-9)4-3-7-15(12)13(16)10(2)14;/h5-6,8,10H,3-4,7,14H2,1-2H3;1H/t10-;/m0./s1. The van der Waals surface area contributed by atoms with Crippen molar-refractivity contribution in [3.63, 3.8) is 0 Å². The summed E-state index contributed by atoms with van der Waals surface area (Å²) in [7, 11) is 0. The summed E-state index contributed by atoms with van der Waals surface area (Å²) >= 11 is 0. The summed E-state index contributed by atoms with van der Waals surface area (Å²) in [6.45, 7) is 4.61. The number of amides is 1. The van der Waals surface area contributed by atoms with E-state index in [2.05, 4.69) is 13.0 Å². The molecule has 1 aromatic rings. The molecule has 1 aliphatic rings. The van der Waals surface area contributed by atoms with E-state index in [0.29, 0.717) is 0 Å². The van der Waals surface area contributed by atoms with Gasteiger partial charge in [-0.15, -0.1) is 12.4 Å². The molecule has 17 heavy (non-hydrogen) atoms. The van der Waals surface area contributed by atoms with Crippen molar-refractivity contribution >= 4 is 24.0 Å². The van der Waals surface area contributed by atoms with Crippen LogP contribution in [0.15, 0.2) is 18.2 Å². The van der Waals surface area contributed by atoms with Crippen LogP contribution >= 0.6 is 12.4 Å². The smallest absolute Gasteiger partial charge is 0.243 e. The molecule has 0 bridgehead atoms. The van der Waals surface area contributed by atoms with Crippen LogP contribution in [0.25, 0.3) is 0 Å². The van der Waals surface area contributed by atoms with Crippen molar-refractivity contribution in [2.45, 2.75) is 32.7 Å². The number of nitrogens with two attached hydrogens (primary N) is 1. The molecule has 3 nitrogen and oxygen atoms in total. The predicted molar refractivity (Wildman–Crippen MR) is 72.8 cm³/mol. The van der Waals surface area contributed by atoms with Gasteiger partial charge in [-0.2, -0.15) is 0 Å². The molecule has 1 atom stereocenters. The lowest BCUT2D eigenvalue weighted by molar-refractivity contribution is -0.119. The first kappa shape index (κ1) is 14.0. The van der Waals surface area contributed by atoms with Crippen LogP contribution in [0.5, 0.6) is 0 Å². The van der Waals surface area contributed by atoms with Gasteiger partial charge in [0.05, 0.1) is 6.04 Å². The molecule has 4 heteroatoms. The van der Waals surface area contributed by atoms with Crippen LogP contribution < -0.4 is 10.6 Å². The fourth-order valence-corrected chi connectivity index (χ4v) is 2.20. The first-order chi connectivity index (χ1) is 7.59. The van der Waals surface area contributed by atoms with E-state index in [1.165, 1.54) is 11.1 Å². The Labute approximate surface area is 108 Å². The zero-order valence-electron chi connectivity index (χ0n) is 10.3. The Hall–Kier alpha value is -1.06. The van der Waals surface area contributed by atoms with E-state index < -0.39 is 6.04 Å². The van der Waals surface area contributed by atoms with Gasteiger partial charge in [-0.25, -0.2) is 0 Å². The Kier molecular flexibility index (Phi) is 4.54. The van der Waals surface area contributed by atoms with Gasteiger partial charge in [0.25, 0.3) is 0 Å². The molecule has 0 aromatic heterocycles. The highest BCUT2D eigenvalue weighted by Gasteiger charge is 2.24. The van der Waals surface area contributed by atoms with Crippen molar-refractivity contribution in [1.29, 1.82) is 0 Å². The predicted octanol–water partition coefficient (Wildman–Crippen LogP) is 2.04. The number of hydrogen-bond acceptors (Lipinski definition) is 2. The topological polar surface area (TPSA) is 46.3 Å². The summed E-state index contributed by atoms with van der Waals surface area (Å²) in [6, 6.07) is 5.82. The quantitative estimate of drug-likeness (QED) is 0.834. The summed E-state index contributed by atoms with van der Waals surface area (Å²) in [5.41, 5.74) is 9.21. The average molecular weight is 255 g/mol. The van der Waals surface area contributed by atoms with Gasteiger partial charge in [-0.1, -0.05) is 17.7 Å². The third-order valence-corrected chi connectivity index (χ3v) is 3.01. The number of benzene rings is 1. The van der Waals surface area contributed by atoms with Crippen molar-refractivity contribution in [2.24, 2.45) is 5.73 Å². The number of aryl methyl sites for hydroxylation is 2. The number of carbonyl (C=O) groups is 1. The molecule has 0 saturated heterocycles. The van der Waals surface area contributed by atoms with Gasteiger partial charge in [0.15, 0.2) is 0 Å². The Balaban J connectivity index is 0.00000144. The van der Waals surface area contributed by atoms with Crippen LogP contribution in [0.3, 0.4) is 0 Å². The first-order valence-electron chi connectivity index (χ1n) is 5.76. The van der Waals surface area contributed by atoms with E-state index in [0.717, 1.165) is 25.1 Å². The third kappa shape index (κ3) is 2.79. The molecule has 94 valence electrons. The van der Waals surface area contributed by atoms with Crippen molar-refractivity contribution < 1.29 is 4.79 Å². The van der Waals surface area contributed by atoms with Crippen molar-refractivity contribution in [1.82, 2.24) is 0 Å². The van der Waals surface area contributed by atoms with E-state index >= 15 is 0 Å². The maximum absolute atomic E-state index is 11.9. The van der Waals surface area contributed by atoms with Crippen LogP contribution in [0, 0.1) is 6.92 Å². The summed E-state index contributed by atoms with van der Waals surface area (Å²) in [6.07, 6.45) is 2.08. The van der Waals surface area contributed by atoms with E-state index in [1.54, 1.807) is 6.92 Å². The fourth-order valence-electron chi connectivity index (χ4n) is 2.20. The van der Waals surface area contributed by atoms with Gasteiger partial charge in [-0.05, 0) is 38.3 Å². The molecule has 2 rings (SSSR count). The molecule has 0 spiro atoms. The van der Waals surface area contributed by atoms with Crippen molar-refractivity contribution in [2.75, 3.05) is 11.4 Å². The Morgan fingerprint density at radius 3 is 2.82 bits per heavy atom. The summed E-state index contributed by atoms with van der Waals surface area (Å²) in [4.78, 5) is 13.8. The van der Waals surface area contributed by atoms with E-state index in [-0.39, 0.29) is 18.3 Å². The third-order valence-electron chi connectivity index (χ3n) is 3.01. The fraction of sp³-hybridized carbons (Fsp3) is 0.462. The van der Waals surface area contributed by atoms with Crippen LogP contribution in [-0.4, -0.2) is 18.5 Å². The first-order valence-corrected chi connectivity index (χ1v) is 5.76. The number of carbonyl (C=O) groups excluding carboxylic acids is 1. The number of anilines is 1. The van der Waals surface area contributed by atoms with Crippen molar-refractivity contribution in [3.05, 3.63) is 29.3 Å². The molecule has 0 saturated carbocycles. The van der Waals surface area contributed by atoms with Gasteiger partial charge in [0.1, 0.15) is 0 Å². The van der Waals surface area contributed by atoms with Crippen LogP contribution in [0.1, 0.15) is 24.5 Å². The Morgan fingerprint density at radius 2 is 2.18 bits per heavy atom. The number of nitrogens with zero attached hydrogens (tertiary/aromatic N) is 1. The highest BCUT2D eigenvalue weighted by Crippen LogP contribution is 2.28. The number of rotatable bonds is 1. The number of fused-ring (bicyclic) bond motifs is 1. The number of hydrogen-bond donors (Lipinski definition) is 1. The van der Waals surface area contributed by atoms with E-state index in [9.17, 15) is 4.79 Å². The summed E-state index contributed by atoms with van der Waals surface area (Å²) < 4.78 is 0. The molecule has 1 aromatic carbocycles. The second-order valence-electron chi connectivity index (χ2n) is 4.51. The highest BCUT2D eigenvalue weighted by molar-refractivity contribution is 5.97. The van der Waals surface area contributed by atoms with Crippen LogP contribution in [-0.2, 0) is 11.2 Å². The molecule has 1 heterocycles. The minimum atomic E-state index is -0.424. The van der Waals surface area contributed by atoms with Crippen LogP contribution in [0.2, 0.25) is 0 Å². The lowest BCUT2D eigenvalue weighted by Crippen LogP contribution is -2.44. The van der Waals surface area contributed by atoms with E-state index in [1.807, 2.05) is 17.0 Å². The second-order valence-corrected chi connectivity index (χ2v) is 4.51. The molecular weight excluding hydrogens is 236 g/mol. The maximum Gasteiger partial charge on any atom is 0.243 e. The molecule has 0 aliphatic carbocycles. The van der Waals surface area contributed by atoms with E-state index in [4.69, 9.17) is 5.73 Å². The van der Waals surface area contributed by atoms with Crippen molar-refractivity contribution in [3.8, 4) is 0 Å². The minimum Gasteiger partial charge on any atom is -0.320 e. The minimum absolute atomic E-state index is 0. The molecular formula is C13H19ClN2O. The van der Waals surface area contributed by atoms with Gasteiger partial charge in [0.2, 0.25) is 5.91 Å². The Morgan fingerprint density at radius 1 is 1.47 bits per heavy atom. The van der Waals surface area contributed by atoms with Gasteiger partial charge >= 0.3 is 0 Å². The van der Waals surface area contributed by atoms with Gasteiger partial charge < -0.3 is 10.6 Å². The largest absolute Gasteiger partial charge is 0.320 e. The maximum atomic E-state index is 11.9. The zero-order chi connectivity index (χ0) is 11.7. The molecule has 2 N–H and O–H groups in total. The lowest BCUT2D eigenvalue weighted by atomic mass is 9.99. The SMILES string of the molecule is Cc1ccc2c(c1)CCCN2C(=O)[C@H](C)N.Cl. The average Bonchev–Trinajstić information content (AvgIpc) is 2.26. The van der Waals surface area contributed by atoms with Gasteiger partial charge in [-0.3, -0.25) is 4.79 Å². The molecule has 0 unspecified atom stereocenters. The lowest BCUT2D eigenvalue weighted by Gasteiger charge is -2.31. The highest BCUT2D eigenvalue weighted by atomic mass is 35.5. The molecule has 1 amide bonds. The molecule has 1 aliphatic heterocycles. The molecule has 0 radical (unpaired) electrons. The number of halogens is 1. The zero-order valence-corrected chi connectivity index (χ0v) is 11.1. The summed E-state index contributed by atoms with van der Waals surface area (Å²) in [5.74, 6) is 0.0183. The Bertz CT molecular complexity index is 418. The normalized spacial score (nSPS) is 15.8.